The van der Waals surface area contributed by atoms with E-state index in [4.69, 9.17) is 9.84 Å². The van der Waals surface area contributed by atoms with Gasteiger partial charge in [-0.2, -0.15) is 5.10 Å². The summed E-state index contributed by atoms with van der Waals surface area (Å²) in [6, 6.07) is 1.93. The van der Waals surface area contributed by atoms with Crippen LogP contribution >= 0.6 is 0 Å². The second-order valence-electron chi connectivity index (χ2n) is 5.29. The van der Waals surface area contributed by atoms with Crippen molar-refractivity contribution in [1.29, 1.82) is 0 Å². The number of carboxylic acid groups (broad SMARTS) is 1. The summed E-state index contributed by atoms with van der Waals surface area (Å²) < 4.78 is 7.51. The van der Waals surface area contributed by atoms with Crippen LogP contribution in [0.25, 0.3) is 0 Å². The molecule has 3 rings (SSSR count). The molecule has 0 spiro atoms. The molecule has 1 aromatic rings. The number of carboxylic acids is 1. The molecule has 2 heterocycles. The van der Waals surface area contributed by atoms with Gasteiger partial charge in [0, 0.05) is 18.7 Å². The van der Waals surface area contributed by atoms with Crippen molar-refractivity contribution in [3.05, 3.63) is 18.0 Å². The molecule has 1 aromatic heterocycles. The predicted molar refractivity (Wildman–Crippen MR) is 64.1 cm³/mol. The molecule has 5 nitrogen and oxygen atoms in total. The van der Waals surface area contributed by atoms with E-state index in [2.05, 4.69) is 5.10 Å². The molecule has 18 heavy (non-hydrogen) atoms. The topological polar surface area (TPSA) is 64.3 Å². The first kappa shape index (κ1) is 11.7. The Morgan fingerprint density at radius 2 is 2.39 bits per heavy atom. The lowest BCUT2D eigenvalue weighted by Crippen LogP contribution is -2.18. The van der Waals surface area contributed by atoms with Crippen LogP contribution < -0.4 is 0 Å². The number of carbonyl (C=O) groups is 1. The van der Waals surface area contributed by atoms with Gasteiger partial charge in [0.15, 0.2) is 0 Å². The van der Waals surface area contributed by atoms with Gasteiger partial charge in [0.05, 0.1) is 11.6 Å². The summed E-state index contributed by atoms with van der Waals surface area (Å²) in [6.07, 6.45) is 5.21. The Morgan fingerprint density at radius 1 is 1.56 bits per heavy atom. The van der Waals surface area contributed by atoms with Crippen molar-refractivity contribution >= 4 is 5.97 Å². The van der Waals surface area contributed by atoms with E-state index in [1.807, 2.05) is 23.9 Å². The molecule has 4 unspecified atom stereocenters. The summed E-state index contributed by atoms with van der Waals surface area (Å²) in [7, 11) is 0. The van der Waals surface area contributed by atoms with E-state index in [0.29, 0.717) is 0 Å². The number of ether oxygens (including phenoxy) is 1. The molecule has 1 saturated heterocycles. The van der Waals surface area contributed by atoms with Crippen LogP contribution in [0.2, 0.25) is 0 Å². The Hall–Kier alpha value is -1.36. The number of rotatable bonds is 3. The first-order valence-corrected chi connectivity index (χ1v) is 6.58. The van der Waals surface area contributed by atoms with Gasteiger partial charge in [-0.25, -0.2) is 4.68 Å². The Morgan fingerprint density at radius 3 is 3.00 bits per heavy atom. The van der Waals surface area contributed by atoms with Gasteiger partial charge in [0.1, 0.15) is 6.23 Å². The maximum atomic E-state index is 11.0. The van der Waals surface area contributed by atoms with Gasteiger partial charge in [0.2, 0.25) is 0 Å². The average molecular weight is 250 g/mol. The minimum Gasteiger partial charge on any atom is -0.481 e. The van der Waals surface area contributed by atoms with Crippen LogP contribution in [-0.4, -0.2) is 27.5 Å². The van der Waals surface area contributed by atoms with Crippen molar-refractivity contribution < 1.29 is 14.6 Å². The second kappa shape index (κ2) is 4.39. The first-order valence-electron chi connectivity index (χ1n) is 6.58. The highest BCUT2D eigenvalue weighted by atomic mass is 16.5. The summed E-state index contributed by atoms with van der Waals surface area (Å²) in [5.74, 6) is -0.706. The fraction of sp³-hybridized carbons (Fsp3) is 0.692. The summed E-state index contributed by atoms with van der Waals surface area (Å²) in [6.45, 7) is 2.76. The van der Waals surface area contributed by atoms with Crippen LogP contribution in [0, 0.1) is 11.8 Å². The number of hydrogen-bond acceptors (Lipinski definition) is 3. The maximum Gasteiger partial charge on any atom is 0.307 e. The molecule has 0 amide bonds. The highest BCUT2D eigenvalue weighted by molar-refractivity contribution is 5.75. The molecular formula is C13H18N2O3. The third-order valence-corrected chi connectivity index (χ3v) is 4.09. The van der Waals surface area contributed by atoms with Crippen molar-refractivity contribution in [3.63, 3.8) is 0 Å². The molecule has 2 fully saturated rings. The van der Waals surface area contributed by atoms with Crippen molar-refractivity contribution in [1.82, 2.24) is 9.78 Å². The molecule has 1 aliphatic heterocycles. The van der Waals surface area contributed by atoms with E-state index in [0.717, 1.165) is 31.6 Å². The Bertz CT molecular complexity index is 451. The van der Waals surface area contributed by atoms with Gasteiger partial charge in [-0.15, -0.1) is 0 Å². The summed E-state index contributed by atoms with van der Waals surface area (Å²) in [4.78, 5) is 11.0. The summed E-state index contributed by atoms with van der Waals surface area (Å²) in [5, 5.41) is 13.6. The molecule has 0 aromatic carbocycles. The van der Waals surface area contributed by atoms with Gasteiger partial charge in [-0.05, 0) is 31.2 Å². The maximum absolute atomic E-state index is 11.0. The van der Waals surface area contributed by atoms with E-state index in [1.54, 1.807) is 0 Å². The Kier molecular flexibility index (Phi) is 2.86. The fourth-order valence-electron chi connectivity index (χ4n) is 2.92. The van der Waals surface area contributed by atoms with Crippen LogP contribution in [0.5, 0.6) is 0 Å². The number of hydrogen-bond donors (Lipinski definition) is 1. The van der Waals surface area contributed by atoms with Gasteiger partial charge >= 0.3 is 5.97 Å². The summed E-state index contributed by atoms with van der Waals surface area (Å²) in [5.41, 5.74) is 0.893. The predicted octanol–water partition coefficient (Wildman–Crippen LogP) is 2.02. The van der Waals surface area contributed by atoms with Gasteiger partial charge in [0.25, 0.3) is 0 Å². The van der Waals surface area contributed by atoms with Crippen LogP contribution in [-0.2, 0) is 9.53 Å². The molecule has 0 radical (unpaired) electrons. The highest BCUT2D eigenvalue weighted by Gasteiger charge is 2.54. The van der Waals surface area contributed by atoms with Crippen LogP contribution in [0.3, 0.4) is 0 Å². The lowest BCUT2D eigenvalue weighted by molar-refractivity contribution is -0.138. The zero-order valence-electron chi connectivity index (χ0n) is 10.5. The molecule has 1 saturated carbocycles. The van der Waals surface area contributed by atoms with Crippen LogP contribution in [0.1, 0.15) is 44.0 Å². The largest absolute Gasteiger partial charge is 0.481 e. The third-order valence-electron chi connectivity index (χ3n) is 4.09. The molecule has 98 valence electrons. The minimum absolute atomic E-state index is 0.0323. The molecule has 0 bridgehead atoms. The third kappa shape index (κ3) is 1.92. The van der Waals surface area contributed by atoms with Crippen molar-refractivity contribution in [2.75, 3.05) is 6.61 Å². The Balaban J connectivity index is 1.72. The van der Waals surface area contributed by atoms with E-state index in [1.165, 1.54) is 0 Å². The van der Waals surface area contributed by atoms with E-state index < -0.39 is 5.97 Å². The smallest absolute Gasteiger partial charge is 0.307 e. The normalized spacial score (nSPS) is 35.4. The molecule has 4 atom stereocenters. The van der Waals surface area contributed by atoms with Gasteiger partial charge in [-0.3, -0.25) is 4.79 Å². The monoisotopic (exact) mass is 250 g/mol. The fourth-order valence-corrected chi connectivity index (χ4v) is 2.92. The Labute approximate surface area is 106 Å². The standard InChI is InChI=1S/C13H18N2O3/c1-8-11(12(8)13(16)17)9-5-6-15(14-9)10-4-2-3-7-18-10/h5-6,8,10-12H,2-4,7H2,1H3,(H,16,17). The van der Waals surface area contributed by atoms with E-state index in [-0.39, 0.29) is 24.0 Å². The van der Waals surface area contributed by atoms with Crippen molar-refractivity contribution in [2.24, 2.45) is 11.8 Å². The van der Waals surface area contributed by atoms with Crippen molar-refractivity contribution in [2.45, 2.75) is 38.3 Å². The summed E-state index contributed by atoms with van der Waals surface area (Å²) >= 11 is 0. The number of aromatic nitrogens is 2. The quantitative estimate of drug-likeness (QED) is 0.891. The SMILES string of the molecule is CC1C(C(=O)O)C1c1ccn(C2CCCCO2)n1. The minimum atomic E-state index is -0.712. The van der Waals surface area contributed by atoms with Gasteiger partial charge < -0.3 is 9.84 Å². The molecule has 1 aliphatic carbocycles. The zero-order chi connectivity index (χ0) is 12.7. The number of nitrogens with zero attached hydrogens (tertiary/aromatic N) is 2. The lowest BCUT2D eigenvalue weighted by atomic mass is 10.2. The van der Waals surface area contributed by atoms with Gasteiger partial charge in [-0.1, -0.05) is 6.92 Å². The van der Waals surface area contributed by atoms with E-state index >= 15 is 0 Å². The zero-order valence-corrected chi connectivity index (χ0v) is 10.5. The molecule has 1 N–H and O–H groups in total. The highest BCUT2D eigenvalue weighted by Crippen LogP contribution is 2.53. The van der Waals surface area contributed by atoms with Crippen molar-refractivity contribution in [3.8, 4) is 0 Å². The first-order chi connectivity index (χ1) is 8.68. The van der Waals surface area contributed by atoms with E-state index in [9.17, 15) is 4.79 Å². The van der Waals surface area contributed by atoms with Crippen LogP contribution in [0.4, 0.5) is 0 Å². The number of aliphatic carboxylic acids is 1. The lowest BCUT2D eigenvalue weighted by Gasteiger charge is -2.22. The van der Waals surface area contributed by atoms with Crippen LogP contribution in [0.15, 0.2) is 12.3 Å². The average Bonchev–Trinajstić information content (AvgIpc) is 2.85. The molecule has 2 aliphatic rings. The molecule has 5 heteroatoms. The molecular weight excluding hydrogens is 232 g/mol. The second-order valence-corrected chi connectivity index (χ2v) is 5.29.